The summed E-state index contributed by atoms with van der Waals surface area (Å²) in [4.78, 5) is 4.27. The maximum atomic E-state index is 5.87. The molecule has 1 atom stereocenters. The van der Waals surface area contributed by atoms with Gasteiger partial charge in [-0.1, -0.05) is 29.7 Å². The summed E-state index contributed by atoms with van der Waals surface area (Å²) >= 11 is 7.26. The molecule has 0 radical (unpaired) electrons. The zero-order valence-electron chi connectivity index (χ0n) is 9.27. The minimum absolute atomic E-state index is 0.524. The Morgan fingerprint density at radius 1 is 1.41 bits per heavy atom. The number of nitrogens with two attached hydrogens (primary N) is 1. The van der Waals surface area contributed by atoms with Gasteiger partial charge in [-0.25, -0.2) is 4.98 Å². The average molecular weight is 263 g/mol. The molecule has 0 saturated heterocycles. The van der Waals surface area contributed by atoms with Crippen LogP contribution in [0.1, 0.15) is 18.2 Å². The molecular formula is C13H11ClN2S. The Morgan fingerprint density at radius 2 is 2.06 bits per heavy atom. The van der Waals surface area contributed by atoms with Crippen LogP contribution in [0.2, 0.25) is 5.02 Å². The van der Waals surface area contributed by atoms with E-state index in [1.165, 1.54) is 11.3 Å². The topological polar surface area (TPSA) is 38.9 Å². The third-order valence-corrected chi connectivity index (χ3v) is 3.67. The van der Waals surface area contributed by atoms with Crippen LogP contribution < -0.4 is 5.73 Å². The molecule has 1 aromatic carbocycles. The van der Waals surface area contributed by atoms with E-state index in [1.807, 2.05) is 36.6 Å². The van der Waals surface area contributed by atoms with E-state index in [0.717, 1.165) is 11.3 Å². The van der Waals surface area contributed by atoms with Gasteiger partial charge in [0.2, 0.25) is 0 Å². The van der Waals surface area contributed by atoms with E-state index in [2.05, 4.69) is 10.9 Å². The van der Waals surface area contributed by atoms with Crippen LogP contribution in [0.25, 0.3) is 0 Å². The lowest BCUT2D eigenvalue weighted by molar-refractivity contribution is 0.729. The van der Waals surface area contributed by atoms with Gasteiger partial charge in [0.05, 0.1) is 11.1 Å². The number of halogens is 1. The molecule has 0 amide bonds. The number of rotatable bonds is 2. The predicted molar refractivity (Wildman–Crippen MR) is 73.3 cm³/mol. The highest BCUT2D eigenvalue weighted by molar-refractivity contribution is 7.13. The first-order chi connectivity index (χ1) is 8.06. The Labute approximate surface area is 109 Å². The van der Waals surface area contributed by atoms with E-state index < -0.39 is 5.41 Å². The zero-order chi connectivity index (χ0) is 12.5. The Hall–Kier alpha value is -1.50. The van der Waals surface area contributed by atoms with Gasteiger partial charge >= 0.3 is 0 Å². The monoisotopic (exact) mass is 262 g/mol. The molecule has 0 aliphatic heterocycles. The van der Waals surface area contributed by atoms with Crippen molar-refractivity contribution in [2.24, 2.45) is 0 Å². The summed E-state index contributed by atoms with van der Waals surface area (Å²) in [6.07, 6.45) is 5.66. The molecule has 2 N–H and O–H groups in total. The first-order valence-corrected chi connectivity index (χ1v) is 6.27. The normalized spacial score (nSPS) is 13.9. The first kappa shape index (κ1) is 12.0. The lowest BCUT2D eigenvalue weighted by Gasteiger charge is -2.22. The Kier molecular flexibility index (Phi) is 3.10. The number of aromatic nitrogens is 1. The van der Waals surface area contributed by atoms with E-state index in [-0.39, 0.29) is 0 Å². The predicted octanol–water partition coefficient (Wildman–Crippen LogP) is 3.32. The summed E-state index contributed by atoms with van der Waals surface area (Å²) in [6.45, 7) is 1.95. The lowest BCUT2D eigenvalue weighted by atomic mass is 9.81. The van der Waals surface area contributed by atoms with E-state index in [9.17, 15) is 0 Å². The third-order valence-electron chi connectivity index (χ3n) is 2.74. The van der Waals surface area contributed by atoms with E-state index in [4.69, 9.17) is 23.8 Å². The van der Waals surface area contributed by atoms with Crippen molar-refractivity contribution in [2.75, 3.05) is 5.73 Å². The van der Waals surface area contributed by atoms with E-state index in [0.29, 0.717) is 10.2 Å². The molecule has 17 heavy (non-hydrogen) atoms. The molecule has 2 aromatic rings. The minimum atomic E-state index is -0.571. The third kappa shape index (κ3) is 2.14. The number of nitrogens with zero attached hydrogens (tertiary/aromatic N) is 1. The number of terminal acetylenes is 1. The van der Waals surface area contributed by atoms with Crippen molar-refractivity contribution in [3.8, 4) is 12.3 Å². The fourth-order valence-electron chi connectivity index (χ4n) is 1.61. The van der Waals surface area contributed by atoms with Gasteiger partial charge < -0.3 is 5.73 Å². The maximum absolute atomic E-state index is 5.87. The van der Waals surface area contributed by atoms with Crippen LogP contribution in [0, 0.1) is 12.3 Å². The SMILES string of the molecule is C#CC(C)(c1ccc(Cl)cc1)c1csc(N)n1. The van der Waals surface area contributed by atoms with Crippen LogP contribution in [0.3, 0.4) is 0 Å². The molecule has 4 heteroatoms. The maximum Gasteiger partial charge on any atom is 0.180 e. The number of benzene rings is 1. The molecule has 0 aliphatic rings. The lowest BCUT2D eigenvalue weighted by Crippen LogP contribution is -2.21. The Bertz CT molecular complexity index is 568. The molecule has 0 bridgehead atoms. The van der Waals surface area contributed by atoms with Crippen LogP contribution in [0.15, 0.2) is 29.6 Å². The molecule has 0 saturated carbocycles. The van der Waals surface area contributed by atoms with Gasteiger partial charge in [-0.2, -0.15) is 0 Å². The number of nitrogen functional groups attached to an aromatic ring is 1. The van der Waals surface area contributed by atoms with E-state index >= 15 is 0 Å². The van der Waals surface area contributed by atoms with Crippen molar-refractivity contribution < 1.29 is 0 Å². The second kappa shape index (κ2) is 4.40. The summed E-state index contributed by atoms with van der Waals surface area (Å²) in [5.41, 5.74) is 6.86. The van der Waals surface area contributed by atoms with Gasteiger partial charge in [-0.05, 0) is 24.6 Å². The fraction of sp³-hybridized carbons (Fsp3) is 0.154. The standard InChI is InChI=1S/C13H11ClN2S/c1-3-13(2,11-8-17-12(15)16-11)9-4-6-10(14)7-5-9/h1,4-8H,2H3,(H2,15,16). The van der Waals surface area contributed by atoms with Crippen LogP contribution in [-0.2, 0) is 5.41 Å². The van der Waals surface area contributed by atoms with Crippen molar-refractivity contribution in [2.45, 2.75) is 12.3 Å². The largest absolute Gasteiger partial charge is 0.375 e. The fourth-order valence-corrected chi connectivity index (χ4v) is 2.40. The van der Waals surface area contributed by atoms with Crippen LogP contribution >= 0.6 is 22.9 Å². The molecule has 2 nitrogen and oxygen atoms in total. The van der Waals surface area contributed by atoms with Gasteiger partial charge in [0, 0.05) is 10.4 Å². The molecule has 0 aliphatic carbocycles. The van der Waals surface area contributed by atoms with Crippen LogP contribution in [-0.4, -0.2) is 4.98 Å². The molecule has 2 rings (SSSR count). The summed E-state index contributed by atoms with van der Waals surface area (Å²) in [6, 6.07) is 7.47. The molecule has 1 heterocycles. The summed E-state index contributed by atoms with van der Waals surface area (Å²) in [5, 5.41) is 3.10. The second-order valence-corrected chi connectivity index (χ2v) is 5.17. The second-order valence-electron chi connectivity index (χ2n) is 3.85. The molecular weight excluding hydrogens is 252 g/mol. The van der Waals surface area contributed by atoms with Crippen LogP contribution in [0.5, 0.6) is 0 Å². The van der Waals surface area contributed by atoms with Crippen LogP contribution in [0.4, 0.5) is 5.13 Å². The van der Waals surface area contributed by atoms with Gasteiger partial charge in [-0.3, -0.25) is 0 Å². The van der Waals surface area contributed by atoms with Gasteiger partial charge in [-0.15, -0.1) is 17.8 Å². The van der Waals surface area contributed by atoms with Crippen molar-refractivity contribution >= 4 is 28.1 Å². The van der Waals surface area contributed by atoms with Crippen molar-refractivity contribution in [1.82, 2.24) is 4.98 Å². The van der Waals surface area contributed by atoms with Crippen molar-refractivity contribution in [3.05, 3.63) is 45.9 Å². The first-order valence-electron chi connectivity index (χ1n) is 5.01. The molecule has 0 fully saturated rings. The molecule has 0 spiro atoms. The zero-order valence-corrected chi connectivity index (χ0v) is 10.8. The molecule has 86 valence electrons. The number of thiazole rings is 1. The van der Waals surface area contributed by atoms with Crippen molar-refractivity contribution in [3.63, 3.8) is 0 Å². The Morgan fingerprint density at radius 3 is 2.53 bits per heavy atom. The average Bonchev–Trinajstić information content (AvgIpc) is 2.76. The highest BCUT2D eigenvalue weighted by Gasteiger charge is 2.29. The van der Waals surface area contributed by atoms with Crippen molar-refractivity contribution in [1.29, 1.82) is 0 Å². The quantitative estimate of drug-likeness (QED) is 0.844. The highest BCUT2D eigenvalue weighted by atomic mass is 35.5. The molecule has 1 unspecified atom stereocenters. The molecule has 1 aromatic heterocycles. The van der Waals surface area contributed by atoms with Gasteiger partial charge in [0.1, 0.15) is 0 Å². The summed E-state index contributed by atoms with van der Waals surface area (Å²) in [5.74, 6) is 2.79. The minimum Gasteiger partial charge on any atom is -0.375 e. The number of hydrogen-bond acceptors (Lipinski definition) is 3. The number of hydrogen-bond donors (Lipinski definition) is 1. The highest BCUT2D eigenvalue weighted by Crippen LogP contribution is 2.33. The van der Waals surface area contributed by atoms with E-state index in [1.54, 1.807) is 0 Å². The van der Waals surface area contributed by atoms with Gasteiger partial charge in [0.25, 0.3) is 0 Å². The Balaban J connectivity index is 2.52. The summed E-state index contributed by atoms with van der Waals surface area (Å²) < 4.78 is 0. The smallest absolute Gasteiger partial charge is 0.180 e. The van der Waals surface area contributed by atoms with Gasteiger partial charge in [0.15, 0.2) is 5.13 Å². The summed E-state index contributed by atoms with van der Waals surface area (Å²) in [7, 11) is 0. The number of anilines is 1.